The molecule has 0 bridgehead atoms. The predicted octanol–water partition coefficient (Wildman–Crippen LogP) is 2.95. The van der Waals surface area contributed by atoms with Crippen LogP contribution in [0.2, 0.25) is 0 Å². The molecule has 1 atom stereocenters. The van der Waals surface area contributed by atoms with Crippen LogP contribution < -0.4 is 5.56 Å². The summed E-state index contributed by atoms with van der Waals surface area (Å²) in [7, 11) is 1.63. The first-order valence-electron chi connectivity index (χ1n) is 5.97. The Balaban J connectivity index is 2.52. The third-order valence-corrected chi connectivity index (χ3v) is 3.55. The van der Waals surface area contributed by atoms with Crippen LogP contribution in [-0.2, 0) is 4.74 Å². The maximum atomic E-state index is 12.0. The number of halogens is 1. The summed E-state index contributed by atoms with van der Waals surface area (Å²) in [5.41, 5.74) is 1.39. The van der Waals surface area contributed by atoms with Gasteiger partial charge in [0, 0.05) is 18.6 Å². The average Bonchev–Trinajstić information content (AvgIpc) is 2.43. The van der Waals surface area contributed by atoms with E-state index in [1.807, 2.05) is 37.3 Å². The van der Waals surface area contributed by atoms with Crippen molar-refractivity contribution in [2.45, 2.75) is 12.8 Å². The highest BCUT2D eigenvalue weighted by atomic mass is 79.9. The van der Waals surface area contributed by atoms with Crippen molar-refractivity contribution < 1.29 is 4.74 Å². The summed E-state index contributed by atoms with van der Waals surface area (Å²) in [6.07, 6.45) is 0. The van der Waals surface area contributed by atoms with Gasteiger partial charge in [-0.1, -0.05) is 37.3 Å². The molecule has 0 radical (unpaired) electrons. The van der Waals surface area contributed by atoms with Crippen molar-refractivity contribution in [2.24, 2.45) is 0 Å². The molecular weight excluding hydrogens is 308 g/mol. The first-order valence-corrected chi connectivity index (χ1v) is 6.77. The van der Waals surface area contributed by atoms with Crippen molar-refractivity contribution in [3.63, 3.8) is 0 Å². The monoisotopic (exact) mass is 322 g/mol. The second kappa shape index (κ2) is 6.12. The minimum Gasteiger partial charge on any atom is -0.384 e. The normalized spacial score (nSPS) is 12.4. The van der Waals surface area contributed by atoms with E-state index in [0.29, 0.717) is 22.6 Å². The Kier molecular flexibility index (Phi) is 4.50. The van der Waals surface area contributed by atoms with E-state index >= 15 is 0 Å². The zero-order chi connectivity index (χ0) is 13.8. The predicted molar refractivity (Wildman–Crippen MR) is 78.3 cm³/mol. The lowest BCUT2D eigenvalue weighted by Gasteiger charge is -2.12. The van der Waals surface area contributed by atoms with E-state index in [1.165, 1.54) is 0 Å². The minimum absolute atomic E-state index is 0.0354. The van der Waals surface area contributed by atoms with Crippen LogP contribution in [0.1, 0.15) is 18.7 Å². The number of benzene rings is 1. The lowest BCUT2D eigenvalue weighted by Crippen LogP contribution is -2.17. The van der Waals surface area contributed by atoms with Crippen LogP contribution in [0.25, 0.3) is 11.3 Å². The molecule has 0 saturated carbocycles. The fourth-order valence-electron chi connectivity index (χ4n) is 1.83. The van der Waals surface area contributed by atoms with E-state index in [2.05, 4.69) is 25.9 Å². The van der Waals surface area contributed by atoms with Gasteiger partial charge in [0.2, 0.25) is 0 Å². The smallest absolute Gasteiger partial charge is 0.265 e. The van der Waals surface area contributed by atoms with Gasteiger partial charge >= 0.3 is 0 Å². The Labute approximate surface area is 120 Å². The van der Waals surface area contributed by atoms with Crippen LogP contribution in [-0.4, -0.2) is 23.7 Å². The third kappa shape index (κ3) is 3.11. The maximum Gasteiger partial charge on any atom is 0.265 e. The van der Waals surface area contributed by atoms with Gasteiger partial charge in [0.25, 0.3) is 5.56 Å². The fourth-order valence-corrected chi connectivity index (χ4v) is 2.24. The van der Waals surface area contributed by atoms with Crippen molar-refractivity contribution >= 4 is 15.9 Å². The highest BCUT2D eigenvalue weighted by Gasteiger charge is 2.14. The van der Waals surface area contributed by atoms with Gasteiger partial charge in [0.15, 0.2) is 0 Å². The molecule has 100 valence electrons. The zero-order valence-corrected chi connectivity index (χ0v) is 12.4. The Bertz CT molecular complexity index is 611. The molecule has 5 heteroatoms. The number of nitrogens with one attached hydrogen (secondary N) is 1. The number of hydrogen-bond donors (Lipinski definition) is 1. The SMILES string of the molecule is COCC(C)c1nc(-c2ccccc2)c(Br)c(=O)[nH]1. The van der Waals surface area contributed by atoms with Gasteiger partial charge in [0.1, 0.15) is 10.3 Å². The third-order valence-electron chi connectivity index (χ3n) is 2.81. The number of rotatable bonds is 4. The first-order chi connectivity index (χ1) is 9.13. The number of nitrogens with zero attached hydrogens (tertiary/aromatic N) is 1. The summed E-state index contributed by atoms with van der Waals surface area (Å²) < 4.78 is 5.55. The van der Waals surface area contributed by atoms with Gasteiger partial charge in [-0.15, -0.1) is 0 Å². The van der Waals surface area contributed by atoms with Gasteiger partial charge in [-0.25, -0.2) is 4.98 Å². The van der Waals surface area contributed by atoms with Crippen molar-refractivity contribution in [1.29, 1.82) is 0 Å². The Morgan fingerprint density at radius 1 is 1.37 bits per heavy atom. The molecule has 1 heterocycles. The number of hydrogen-bond acceptors (Lipinski definition) is 3. The second-order valence-corrected chi connectivity index (χ2v) is 5.13. The van der Waals surface area contributed by atoms with E-state index in [0.717, 1.165) is 5.56 Å². The van der Waals surface area contributed by atoms with Crippen LogP contribution in [0.5, 0.6) is 0 Å². The quantitative estimate of drug-likeness (QED) is 0.941. The van der Waals surface area contributed by atoms with Gasteiger partial charge in [-0.2, -0.15) is 0 Å². The van der Waals surface area contributed by atoms with Crippen molar-refractivity contribution in [2.75, 3.05) is 13.7 Å². The van der Waals surface area contributed by atoms with Crippen LogP contribution in [0.4, 0.5) is 0 Å². The number of H-pyrrole nitrogens is 1. The Hall–Kier alpha value is -1.46. The molecule has 1 aromatic carbocycles. The Morgan fingerprint density at radius 2 is 2.05 bits per heavy atom. The van der Waals surface area contributed by atoms with Crippen molar-refractivity contribution in [3.8, 4) is 11.3 Å². The van der Waals surface area contributed by atoms with Crippen LogP contribution in [0.15, 0.2) is 39.6 Å². The van der Waals surface area contributed by atoms with E-state index in [1.54, 1.807) is 7.11 Å². The molecule has 0 aliphatic rings. The summed E-state index contributed by atoms with van der Waals surface area (Å²) >= 11 is 3.30. The number of methoxy groups -OCH3 is 1. The molecule has 0 amide bonds. The van der Waals surface area contributed by atoms with Crippen molar-refractivity contribution in [1.82, 2.24) is 9.97 Å². The molecule has 2 aromatic rings. The maximum absolute atomic E-state index is 12.0. The molecule has 0 aliphatic heterocycles. The van der Waals surface area contributed by atoms with E-state index in [-0.39, 0.29) is 11.5 Å². The molecule has 4 nitrogen and oxygen atoms in total. The van der Waals surface area contributed by atoms with Crippen LogP contribution in [0.3, 0.4) is 0 Å². The van der Waals surface area contributed by atoms with Crippen LogP contribution >= 0.6 is 15.9 Å². The lowest BCUT2D eigenvalue weighted by atomic mass is 10.1. The molecule has 0 fully saturated rings. The summed E-state index contributed by atoms with van der Waals surface area (Å²) in [6, 6.07) is 9.62. The summed E-state index contributed by atoms with van der Waals surface area (Å²) in [6.45, 7) is 2.48. The topological polar surface area (TPSA) is 55.0 Å². The molecule has 0 aliphatic carbocycles. The van der Waals surface area contributed by atoms with Crippen molar-refractivity contribution in [3.05, 3.63) is 51.0 Å². The average molecular weight is 323 g/mol. The molecule has 0 spiro atoms. The Morgan fingerprint density at radius 3 is 2.68 bits per heavy atom. The highest BCUT2D eigenvalue weighted by Crippen LogP contribution is 2.24. The molecule has 1 unspecified atom stereocenters. The van der Waals surface area contributed by atoms with Crippen LogP contribution in [0, 0.1) is 0 Å². The molecule has 1 aromatic heterocycles. The fraction of sp³-hybridized carbons (Fsp3) is 0.286. The first kappa shape index (κ1) is 14.0. The summed E-state index contributed by atoms with van der Waals surface area (Å²) in [5, 5.41) is 0. The largest absolute Gasteiger partial charge is 0.384 e. The van der Waals surface area contributed by atoms with Gasteiger partial charge in [0.05, 0.1) is 12.3 Å². The lowest BCUT2D eigenvalue weighted by molar-refractivity contribution is 0.181. The second-order valence-electron chi connectivity index (χ2n) is 4.34. The van der Waals surface area contributed by atoms with E-state index < -0.39 is 0 Å². The molecule has 19 heavy (non-hydrogen) atoms. The van der Waals surface area contributed by atoms with Gasteiger partial charge in [-0.05, 0) is 15.9 Å². The van der Waals surface area contributed by atoms with E-state index in [9.17, 15) is 4.79 Å². The molecule has 1 N–H and O–H groups in total. The number of ether oxygens (including phenoxy) is 1. The molecular formula is C14H15BrN2O2. The summed E-state index contributed by atoms with van der Waals surface area (Å²) in [4.78, 5) is 19.3. The number of aromatic amines is 1. The van der Waals surface area contributed by atoms with Gasteiger partial charge in [-0.3, -0.25) is 4.79 Å². The molecule has 0 saturated heterocycles. The summed E-state index contributed by atoms with van der Waals surface area (Å²) in [5.74, 6) is 0.669. The molecule has 2 rings (SSSR count). The highest BCUT2D eigenvalue weighted by molar-refractivity contribution is 9.10. The minimum atomic E-state index is -0.174. The standard InChI is InChI=1S/C14H15BrN2O2/c1-9(8-19-2)13-16-12(11(15)14(18)17-13)10-6-4-3-5-7-10/h3-7,9H,8H2,1-2H3,(H,16,17,18). The van der Waals surface area contributed by atoms with Gasteiger partial charge < -0.3 is 9.72 Å². The number of aromatic nitrogens is 2. The van der Waals surface area contributed by atoms with E-state index in [4.69, 9.17) is 4.74 Å². The zero-order valence-electron chi connectivity index (χ0n) is 10.8.